The van der Waals surface area contributed by atoms with Gasteiger partial charge in [0, 0.05) is 17.6 Å². The molecule has 2 aromatic rings. The lowest BCUT2D eigenvalue weighted by molar-refractivity contribution is -0.139. The number of sulfonamides is 1. The number of nitrogens with zero attached hydrogens (tertiary/aromatic N) is 2. The Morgan fingerprint density at radius 1 is 1.06 bits per heavy atom. The SMILES string of the molecule is CCC(C)NC(=O)C(C)N(Cc1ccc(F)cc1)C(=O)CN(c1ccc(Cl)cc1)S(C)(=O)=O. The van der Waals surface area contributed by atoms with Crippen LogP contribution in [0.25, 0.3) is 0 Å². The highest BCUT2D eigenvalue weighted by Crippen LogP contribution is 2.21. The average Bonchev–Trinajstić information content (AvgIpc) is 2.76. The molecule has 0 heterocycles. The molecule has 180 valence electrons. The molecule has 2 atom stereocenters. The summed E-state index contributed by atoms with van der Waals surface area (Å²) in [6, 6.07) is 10.6. The van der Waals surface area contributed by atoms with E-state index in [2.05, 4.69) is 5.32 Å². The molecule has 0 saturated carbocycles. The van der Waals surface area contributed by atoms with Crippen LogP contribution in [0.2, 0.25) is 5.02 Å². The molecular formula is C23H29ClFN3O4S. The molecule has 33 heavy (non-hydrogen) atoms. The van der Waals surface area contributed by atoms with Gasteiger partial charge in [-0.25, -0.2) is 12.8 Å². The molecule has 0 aromatic heterocycles. The number of anilines is 1. The summed E-state index contributed by atoms with van der Waals surface area (Å²) < 4.78 is 39.2. The number of amides is 2. The molecule has 2 aromatic carbocycles. The topological polar surface area (TPSA) is 86.8 Å². The molecular weight excluding hydrogens is 469 g/mol. The largest absolute Gasteiger partial charge is 0.352 e. The van der Waals surface area contributed by atoms with E-state index < -0.39 is 34.3 Å². The molecule has 0 spiro atoms. The van der Waals surface area contributed by atoms with Crippen LogP contribution >= 0.6 is 11.6 Å². The summed E-state index contributed by atoms with van der Waals surface area (Å²) >= 11 is 5.90. The van der Waals surface area contributed by atoms with Gasteiger partial charge in [0.05, 0.1) is 11.9 Å². The van der Waals surface area contributed by atoms with Crippen LogP contribution in [0.3, 0.4) is 0 Å². The van der Waals surface area contributed by atoms with Crippen LogP contribution in [0, 0.1) is 5.82 Å². The molecule has 10 heteroatoms. The van der Waals surface area contributed by atoms with E-state index in [0.717, 1.165) is 10.6 Å². The Morgan fingerprint density at radius 2 is 1.64 bits per heavy atom. The minimum absolute atomic E-state index is 0.00637. The van der Waals surface area contributed by atoms with E-state index in [1.807, 2.05) is 13.8 Å². The zero-order valence-corrected chi connectivity index (χ0v) is 20.7. The van der Waals surface area contributed by atoms with Crippen molar-refractivity contribution in [1.29, 1.82) is 0 Å². The number of benzene rings is 2. The van der Waals surface area contributed by atoms with Gasteiger partial charge in [-0.2, -0.15) is 0 Å². The van der Waals surface area contributed by atoms with Gasteiger partial charge in [-0.3, -0.25) is 13.9 Å². The van der Waals surface area contributed by atoms with Gasteiger partial charge in [-0.05, 0) is 62.2 Å². The maximum atomic E-state index is 13.4. The monoisotopic (exact) mass is 497 g/mol. The van der Waals surface area contributed by atoms with Crippen molar-refractivity contribution in [1.82, 2.24) is 10.2 Å². The van der Waals surface area contributed by atoms with E-state index in [1.54, 1.807) is 6.92 Å². The lowest BCUT2D eigenvalue weighted by Gasteiger charge is -2.32. The Bertz CT molecular complexity index is 1060. The van der Waals surface area contributed by atoms with Crippen molar-refractivity contribution in [2.24, 2.45) is 0 Å². The van der Waals surface area contributed by atoms with Crippen molar-refractivity contribution in [3.63, 3.8) is 0 Å². The number of carbonyl (C=O) groups excluding carboxylic acids is 2. The number of halogens is 2. The van der Waals surface area contributed by atoms with Crippen molar-refractivity contribution < 1.29 is 22.4 Å². The summed E-state index contributed by atoms with van der Waals surface area (Å²) in [5, 5.41) is 3.26. The molecule has 1 N–H and O–H groups in total. The minimum atomic E-state index is -3.81. The standard InChI is InChI=1S/C23H29ClFN3O4S/c1-5-16(2)26-23(30)17(3)27(14-18-6-10-20(25)11-7-18)22(29)15-28(33(4,31)32)21-12-8-19(24)9-13-21/h6-13,16-17H,5,14-15H2,1-4H3,(H,26,30). The molecule has 2 unspecified atom stereocenters. The van der Waals surface area contributed by atoms with E-state index in [0.29, 0.717) is 17.0 Å². The van der Waals surface area contributed by atoms with Gasteiger partial charge in [-0.1, -0.05) is 30.7 Å². The van der Waals surface area contributed by atoms with Crippen LogP contribution in [0.5, 0.6) is 0 Å². The van der Waals surface area contributed by atoms with Crippen LogP contribution in [-0.4, -0.2) is 50.0 Å². The first-order valence-corrected chi connectivity index (χ1v) is 12.7. The summed E-state index contributed by atoms with van der Waals surface area (Å²) in [5.41, 5.74) is 0.874. The highest BCUT2D eigenvalue weighted by molar-refractivity contribution is 7.92. The van der Waals surface area contributed by atoms with Gasteiger partial charge in [0.2, 0.25) is 21.8 Å². The Hall–Kier alpha value is -2.65. The third-order valence-electron chi connectivity index (χ3n) is 5.23. The summed E-state index contributed by atoms with van der Waals surface area (Å²) in [4.78, 5) is 27.4. The number of hydrogen-bond acceptors (Lipinski definition) is 4. The number of carbonyl (C=O) groups is 2. The Morgan fingerprint density at radius 3 is 2.15 bits per heavy atom. The number of hydrogen-bond donors (Lipinski definition) is 1. The lowest BCUT2D eigenvalue weighted by Crippen LogP contribution is -2.52. The van der Waals surface area contributed by atoms with Crippen molar-refractivity contribution in [3.05, 3.63) is 64.9 Å². The molecule has 2 amide bonds. The highest BCUT2D eigenvalue weighted by Gasteiger charge is 2.30. The normalized spacial score (nSPS) is 13.2. The molecule has 0 aliphatic carbocycles. The molecule has 0 aliphatic rings. The van der Waals surface area contributed by atoms with Gasteiger partial charge >= 0.3 is 0 Å². The van der Waals surface area contributed by atoms with Gasteiger partial charge in [0.15, 0.2) is 0 Å². The maximum absolute atomic E-state index is 13.4. The van der Waals surface area contributed by atoms with Crippen molar-refractivity contribution in [2.75, 3.05) is 17.1 Å². The molecule has 0 bridgehead atoms. The van der Waals surface area contributed by atoms with Gasteiger partial charge in [0.1, 0.15) is 18.4 Å². The third-order valence-corrected chi connectivity index (χ3v) is 6.62. The van der Waals surface area contributed by atoms with Crippen molar-refractivity contribution >= 4 is 39.1 Å². The highest BCUT2D eigenvalue weighted by atomic mass is 35.5. The van der Waals surface area contributed by atoms with E-state index in [1.165, 1.54) is 53.4 Å². The summed E-state index contributed by atoms with van der Waals surface area (Å²) in [5.74, 6) is -1.37. The zero-order chi connectivity index (χ0) is 24.8. The Labute approximate surface area is 199 Å². The van der Waals surface area contributed by atoms with E-state index >= 15 is 0 Å². The predicted octanol–water partition coefficient (Wildman–Crippen LogP) is 3.58. The molecule has 0 radical (unpaired) electrons. The smallest absolute Gasteiger partial charge is 0.244 e. The number of rotatable bonds is 10. The van der Waals surface area contributed by atoms with Crippen molar-refractivity contribution in [2.45, 2.75) is 45.8 Å². The maximum Gasteiger partial charge on any atom is 0.244 e. The summed E-state index contributed by atoms with van der Waals surface area (Å²) in [6.07, 6.45) is 1.71. The molecule has 7 nitrogen and oxygen atoms in total. The number of nitrogens with one attached hydrogen (secondary N) is 1. The Balaban J connectivity index is 2.36. The van der Waals surface area contributed by atoms with Gasteiger partial charge in [0.25, 0.3) is 0 Å². The first-order valence-electron chi connectivity index (χ1n) is 10.5. The van der Waals surface area contributed by atoms with Gasteiger partial charge in [-0.15, -0.1) is 0 Å². The fourth-order valence-electron chi connectivity index (χ4n) is 3.06. The molecule has 0 aliphatic heterocycles. The van der Waals surface area contributed by atoms with Crippen LogP contribution in [0.1, 0.15) is 32.8 Å². The first kappa shape index (κ1) is 26.6. The second kappa shape index (κ2) is 11.5. The minimum Gasteiger partial charge on any atom is -0.352 e. The van der Waals surface area contributed by atoms with Crippen LogP contribution < -0.4 is 9.62 Å². The Kier molecular flexibility index (Phi) is 9.25. The van der Waals surface area contributed by atoms with Gasteiger partial charge < -0.3 is 10.2 Å². The van der Waals surface area contributed by atoms with E-state index in [4.69, 9.17) is 11.6 Å². The zero-order valence-electron chi connectivity index (χ0n) is 19.1. The molecule has 0 saturated heterocycles. The first-order chi connectivity index (χ1) is 15.4. The van der Waals surface area contributed by atoms with E-state index in [9.17, 15) is 22.4 Å². The molecule has 0 fully saturated rings. The second-order valence-electron chi connectivity index (χ2n) is 7.89. The molecule has 2 rings (SSSR count). The van der Waals surface area contributed by atoms with Crippen LogP contribution in [0.4, 0.5) is 10.1 Å². The fraction of sp³-hybridized carbons (Fsp3) is 0.391. The fourth-order valence-corrected chi connectivity index (χ4v) is 4.03. The van der Waals surface area contributed by atoms with E-state index in [-0.39, 0.29) is 24.2 Å². The second-order valence-corrected chi connectivity index (χ2v) is 10.2. The summed E-state index contributed by atoms with van der Waals surface area (Å²) in [6.45, 7) is 4.84. The van der Waals surface area contributed by atoms with Crippen LogP contribution in [-0.2, 0) is 26.2 Å². The lowest BCUT2D eigenvalue weighted by atomic mass is 10.1. The predicted molar refractivity (Wildman–Crippen MR) is 128 cm³/mol. The average molecular weight is 498 g/mol. The van der Waals surface area contributed by atoms with Crippen molar-refractivity contribution in [3.8, 4) is 0 Å². The quantitative estimate of drug-likeness (QED) is 0.543. The third kappa shape index (κ3) is 7.71. The van der Waals surface area contributed by atoms with Crippen LogP contribution in [0.15, 0.2) is 48.5 Å². The summed E-state index contributed by atoms with van der Waals surface area (Å²) in [7, 11) is -3.81.